The van der Waals surface area contributed by atoms with Gasteiger partial charge in [0.05, 0.1) is 5.02 Å². The van der Waals surface area contributed by atoms with Gasteiger partial charge in [-0.1, -0.05) is 11.6 Å². The molecule has 2 N–H and O–H groups in total. The van der Waals surface area contributed by atoms with E-state index in [1.165, 1.54) is 4.52 Å². The number of urea groups is 1. The van der Waals surface area contributed by atoms with E-state index in [0.29, 0.717) is 17.2 Å². The maximum absolute atomic E-state index is 11.9. The zero-order valence-corrected chi connectivity index (χ0v) is 13.1. The number of carbonyl (C=O) groups is 1. The number of rotatable bonds is 6. The lowest BCUT2D eigenvalue weighted by atomic mass is 10.0. The van der Waals surface area contributed by atoms with Gasteiger partial charge in [0.15, 0.2) is 5.65 Å². The zero-order chi connectivity index (χ0) is 15.6. The van der Waals surface area contributed by atoms with Crippen molar-refractivity contribution in [1.82, 2.24) is 19.9 Å². The minimum Gasteiger partial charge on any atom is -0.385 e. The fourth-order valence-corrected chi connectivity index (χ4v) is 2.49. The monoisotopic (exact) mass is 323 g/mol. The maximum atomic E-state index is 11.9. The summed E-state index contributed by atoms with van der Waals surface area (Å²) in [4.78, 5) is 16.1. The van der Waals surface area contributed by atoms with Crippen molar-refractivity contribution in [3.05, 3.63) is 23.4 Å². The Kier molecular flexibility index (Phi) is 4.17. The molecule has 1 aliphatic rings. The van der Waals surface area contributed by atoms with E-state index in [2.05, 4.69) is 20.7 Å². The Morgan fingerprint density at radius 3 is 3.05 bits per heavy atom. The van der Waals surface area contributed by atoms with Crippen molar-refractivity contribution in [1.29, 1.82) is 0 Å². The van der Waals surface area contributed by atoms with Crippen LogP contribution >= 0.6 is 11.6 Å². The largest absolute Gasteiger partial charge is 0.385 e. The fraction of sp³-hybridized carbons (Fsp3) is 0.500. The summed E-state index contributed by atoms with van der Waals surface area (Å²) in [5, 5.41) is 10.2. The molecule has 0 spiro atoms. The van der Waals surface area contributed by atoms with Crippen LogP contribution in [0.15, 0.2) is 18.3 Å². The van der Waals surface area contributed by atoms with Gasteiger partial charge in [-0.3, -0.25) is 5.32 Å². The molecule has 1 aliphatic carbocycles. The van der Waals surface area contributed by atoms with Crippen LogP contribution in [-0.2, 0) is 4.74 Å². The van der Waals surface area contributed by atoms with Gasteiger partial charge in [-0.2, -0.15) is 4.98 Å². The summed E-state index contributed by atoms with van der Waals surface area (Å²) in [6.07, 6.45) is 4.86. The molecule has 118 valence electrons. The third-order valence-corrected chi connectivity index (χ3v) is 4.16. The van der Waals surface area contributed by atoms with Crippen molar-refractivity contribution in [2.24, 2.45) is 5.41 Å². The number of carbonyl (C=O) groups excluding carboxylic acids is 1. The number of halogens is 1. The second kappa shape index (κ2) is 6.10. The van der Waals surface area contributed by atoms with Crippen molar-refractivity contribution in [3.8, 4) is 0 Å². The van der Waals surface area contributed by atoms with Gasteiger partial charge >= 0.3 is 6.03 Å². The molecule has 3 rings (SSSR count). The molecule has 8 heteroatoms. The number of nitrogens with zero attached hydrogens (tertiary/aromatic N) is 3. The highest BCUT2D eigenvalue weighted by atomic mass is 35.5. The van der Waals surface area contributed by atoms with Crippen LogP contribution in [0.25, 0.3) is 5.65 Å². The Hall–Kier alpha value is -1.86. The SMILES string of the molecule is COCCC1(CNC(=O)Nc2nc3ccc(Cl)cn3n2)CC1. The first-order chi connectivity index (χ1) is 10.6. The Balaban J connectivity index is 1.54. The van der Waals surface area contributed by atoms with Gasteiger partial charge in [-0.05, 0) is 36.8 Å². The third kappa shape index (κ3) is 3.48. The quantitative estimate of drug-likeness (QED) is 0.855. The number of aromatic nitrogens is 3. The van der Waals surface area contributed by atoms with Crippen molar-refractivity contribution < 1.29 is 9.53 Å². The summed E-state index contributed by atoms with van der Waals surface area (Å²) in [5.41, 5.74) is 0.825. The molecular formula is C14H18ClN5O2. The predicted molar refractivity (Wildman–Crippen MR) is 83.2 cm³/mol. The van der Waals surface area contributed by atoms with Crippen molar-refractivity contribution >= 4 is 29.2 Å². The fourth-order valence-electron chi connectivity index (χ4n) is 2.33. The first-order valence-corrected chi connectivity index (χ1v) is 7.54. The molecule has 2 aromatic rings. The molecule has 0 aromatic carbocycles. The summed E-state index contributed by atoms with van der Waals surface area (Å²) in [7, 11) is 1.69. The number of methoxy groups -OCH3 is 1. The molecule has 7 nitrogen and oxygen atoms in total. The van der Waals surface area contributed by atoms with E-state index in [1.807, 2.05) is 0 Å². The first-order valence-electron chi connectivity index (χ1n) is 7.16. The van der Waals surface area contributed by atoms with Crippen LogP contribution in [0.5, 0.6) is 0 Å². The van der Waals surface area contributed by atoms with Gasteiger partial charge in [-0.25, -0.2) is 9.31 Å². The smallest absolute Gasteiger partial charge is 0.321 e. The van der Waals surface area contributed by atoms with Gasteiger partial charge in [0, 0.05) is 26.5 Å². The van der Waals surface area contributed by atoms with Crippen molar-refractivity contribution in [2.45, 2.75) is 19.3 Å². The van der Waals surface area contributed by atoms with Crippen LogP contribution in [0.3, 0.4) is 0 Å². The molecular weight excluding hydrogens is 306 g/mol. The third-order valence-electron chi connectivity index (χ3n) is 3.94. The number of anilines is 1. The number of hydrogen-bond acceptors (Lipinski definition) is 4. The predicted octanol–water partition coefficient (Wildman–Crippen LogP) is 2.32. The van der Waals surface area contributed by atoms with Gasteiger partial charge in [0.2, 0.25) is 0 Å². The molecule has 0 saturated heterocycles. The summed E-state index contributed by atoms with van der Waals surface area (Å²) in [5.74, 6) is 0.251. The molecule has 1 saturated carbocycles. The van der Waals surface area contributed by atoms with Crippen LogP contribution in [0.2, 0.25) is 5.02 Å². The number of ether oxygens (including phenoxy) is 1. The second-order valence-corrected chi connectivity index (χ2v) is 6.07. The molecule has 0 bridgehead atoms. The minimum absolute atomic E-state index is 0.202. The first kappa shape index (κ1) is 15.1. The highest BCUT2D eigenvalue weighted by Crippen LogP contribution is 2.48. The topological polar surface area (TPSA) is 80.5 Å². The standard InChI is InChI=1S/C14H18ClN5O2/c1-22-7-6-14(4-5-14)9-16-13(21)18-12-17-11-3-2-10(15)8-20(11)19-12/h2-3,8H,4-7,9H2,1H3,(H2,16,18,19,21). The Bertz CT molecular complexity index is 683. The van der Waals surface area contributed by atoms with Gasteiger partial charge in [0.25, 0.3) is 5.95 Å². The summed E-state index contributed by atoms with van der Waals surface area (Å²) in [6, 6.07) is 3.16. The number of nitrogens with one attached hydrogen (secondary N) is 2. The van der Waals surface area contributed by atoms with Gasteiger partial charge in [0.1, 0.15) is 0 Å². The van der Waals surface area contributed by atoms with Crippen LogP contribution in [-0.4, -0.2) is 40.9 Å². The Labute approximate surface area is 133 Å². The second-order valence-electron chi connectivity index (χ2n) is 5.64. The van der Waals surface area contributed by atoms with Crippen LogP contribution in [0, 0.1) is 5.41 Å². The highest BCUT2D eigenvalue weighted by molar-refractivity contribution is 6.30. The average Bonchev–Trinajstić information content (AvgIpc) is 3.16. The molecule has 0 atom stereocenters. The van der Waals surface area contributed by atoms with Crippen LogP contribution in [0.1, 0.15) is 19.3 Å². The molecule has 2 amide bonds. The van der Waals surface area contributed by atoms with Crippen LogP contribution < -0.4 is 10.6 Å². The summed E-state index contributed by atoms with van der Waals surface area (Å²) in [6.45, 7) is 1.36. The maximum Gasteiger partial charge on any atom is 0.321 e. The molecule has 1 fully saturated rings. The van der Waals surface area contributed by atoms with Crippen molar-refractivity contribution in [2.75, 3.05) is 25.6 Å². The molecule has 0 aliphatic heterocycles. The van der Waals surface area contributed by atoms with E-state index in [9.17, 15) is 4.79 Å². The van der Waals surface area contributed by atoms with E-state index >= 15 is 0 Å². The minimum atomic E-state index is -0.300. The normalized spacial score (nSPS) is 15.7. The zero-order valence-electron chi connectivity index (χ0n) is 12.3. The van der Waals surface area contributed by atoms with E-state index in [4.69, 9.17) is 16.3 Å². The van der Waals surface area contributed by atoms with E-state index < -0.39 is 0 Å². The van der Waals surface area contributed by atoms with Crippen LogP contribution in [0.4, 0.5) is 10.7 Å². The number of amides is 2. The van der Waals surface area contributed by atoms with E-state index in [1.54, 1.807) is 25.4 Å². The van der Waals surface area contributed by atoms with E-state index in [-0.39, 0.29) is 17.4 Å². The number of pyridine rings is 1. The molecule has 2 aromatic heterocycles. The van der Waals surface area contributed by atoms with Gasteiger partial charge in [-0.15, -0.1) is 5.10 Å². The lowest BCUT2D eigenvalue weighted by Gasteiger charge is -2.15. The lowest BCUT2D eigenvalue weighted by molar-refractivity contribution is 0.171. The highest BCUT2D eigenvalue weighted by Gasteiger charge is 2.42. The molecule has 0 radical (unpaired) electrons. The average molecular weight is 324 g/mol. The van der Waals surface area contributed by atoms with E-state index in [0.717, 1.165) is 25.9 Å². The number of hydrogen-bond donors (Lipinski definition) is 2. The summed E-state index contributed by atoms with van der Waals surface area (Å²) < 4.78 is 6.63. The lowest BCUT2D eigenvalue weighted by Crippen LogP contribution is -2.34. The molecule has 22 heavy (non-hydrogen) atoms. The number of fused-ring (bicyclic) bond motifs is 1. The molecule has 0 unspecified atom stereocenters. The molecule has 2 heterocycles. The van der Waals surface area contributed by atoms with Gasteiger partial charge < -0.3 is 10.1 Å². The Morgan fingerprint density at radius 2 is 2.32 bits per heavy atom. The van der Waals surface area contributed by atoms with Crippen molar-refractivity contribution in [3.63, 3.8) is 0 Å². The summed E-state index contributed by atoms with van der Waals surface area (Å²) >= 11 is 5.88. The Morgan fingerprint density at radius 1 is 1.50 bits per heavy atom.